The minimum atomic E-state index is 0.438. The number of H-pyrrole nitrogens is 1. The van der Waals surface area contributed by atoms with E-state index in [0.29, 0.717) is 24.1 Å². The van der Waals surface area contributed by atoms with Crippen LogP contribution in [0.25, 0.3) is 0 Å². The lowest BCUT2D eigenvalue weighted by molar-refractivity contribution is 0.263. The van der Waals surface area contributed by atoms with Crippen molar-refractivity contribution in [1.82, 2.24) is 15.0 Å². The molecule has 0 amide bonds. The largest absolute Gasteiger partial charge is 0.476 e. The van der Waals surface area contributed by atoms with Gasteiger partial charge in [-0.15, -0.1) is 0 Å². The molecule has 0 fully saturated rings. The van der Waals surface area contributed by atoms with Crippen molar-refractivity contribution in [3.05, 3.63) is 30.4 Å². The number of hydrogen-bond acceptors (Lipinski definition) is 5. The molecule has 0 saturated carbocycles. The first-order valence-corrected chi connectivity index (χ1v) is 6.75. The van der Waals surface area contributed by atoms with Crippen LogP contribution in [0.1, 0.15) is 19.5 Å². The number of hydrogen-bond donors (Lipinski definition) is 3. The summed E-state index contributed by atoms with van der Waals surface area (Å²) in [6, 6.07) is 3.66. The number of nitrogens with zero attached hydrogens (tertiary/aromatic N) is 2. The van der Waals surface area contributed by atoms with E-state index in [1.54, 1.807) is 12.4 Å². The van der Waals surface area contributed by atoms with E-state index in [-0.39, 0.29) is 0 Å². The Kier molecular flexibility index (Phi) is 4.81. The molecular weight excluding hydrogens is 254 g/mol. The van der Waals surface area contributed by atoms with Gasteiger partial charge >= 0.3 is 0 Å². The number of anilines is 2. The van der Waals surface area contributed by atoms with Crippen molar-refractivity contribution in [3.63, 3.8) is 0 Å². The smallest absolute Gasteiger partial charge is 0.239 e. The molecule has 0 bridgehead atoms. The molecule has 4 N–H and O–H groups in total. The van der Waals surface area contributed by atoms with Gasteiger partial charge < -0.3 is 20.8 Å². The maximum absolute atomic E-state index is 5.85. The van der Waals surface area contributed by atoms with Crippen LogP contribution in [0.2, 0.25) is 0 Å². The first-order chi connectivity index (χ1) is 9.65. The Hall–Kier alpha value is -2.24. The van der Waals surface area contributed by atoms with E-state index in [0.717, 1.165) is 24.5 Å². The Bertz CT molecular complexity index is 524. The van der Waals surface area contributed by atoms with Crippen LogP contribution in [-0.2, 0) is 6.42 Å². The lowest BCUT2D eigenvalue weighted by atomic mass is 10.2. The highest BCUT2D eigenvalue weighted by Gasteiger charge is 2.05. The number of ether oxygens (including phenoxy) is 1. The van der Waals surface area contributed by atoms with Crippen LogP contribution in [0.3, 0.4) is 0 Å². The van der Waals surface area contributed by atoms with Crippen LogP contribution < -0.4 is 15.8 Å². The highest BCUT2D eigenvalue weighted by atomic mass is 16.5. The maximum Gasteiger partial charge on any atom is 0.239 e. The number of rotatable bonds is 7. The second-order valence-electron chi connectivity index (χ2n) is 5.05. The molecule has 108 valence electrons. The van der Waals surface area contributed by atoms with Crippen LogP contribution in [-0.4, -0.2) is 28.1 Å². The number of pyridine rings is 1. The van der Waals surface area contributed by atoms with Crippen molar-refractivity contribution in [3.8, 4) is 5.88 Å². The van der Waals surface area contributed by atoms with E-state index >= 15 is 0 Å². The van der Waals surface area contributed by atoms with Crippen molar-refractivity contribution in [2.45, 2.75) is 20.3 Å². The summed E-state index contributed by atoms with van der Waals surface area (Å²) in [5.74, 6) is 1.69. The van der Waals surface area contributed by atoms with Gasteiger partial charge in [-0.2, -0.15) is 4.98 Å². The van der Waals surface area contributed by atoms with Crippen molar-refractivity contribution in [1.29, 1.82) is 0 Å². The molecule has 0 radical (unpaired) electrons. The minimum absolute atomic E-state index is 0.438. The fourth-order valence-corrected chi connectivity index (χ4v) is 1.66. The molecule has 6 heteroatoms. The van der Waals surface area contributed by atoms with Crippen molar-refractivity contribution in [2.24, 2.45) is 5.92 Å². The average molecular weight is 275 g/mol. The molecule has 2 aromatic rings. The first kappa shape index (κ1) is 14.2. The Morgan fingerprint density at radius 3 is 2.95 bits per heavy atom. The Balaban J connectivity index is 1.89. The number of aromatic nitrogens is 3. The van der Waals surface area contributed by atoms with E-state index in [1.165, 1.54) is 0 Å². The molecule has 0 atom stereocenters. The number of aromatic amines is 1. The van der Waals surface area contributed by atoms with Gasteiger partial charge in [0, 0.05) is 24.9 Å². The zero-order valence-corrected chi connectivity index (χ0v) is 11.9. The van der Waals surface area contributed by atoms with Gasteiger partial charge in [0.15, 0.2) is 0 Å². The van der Waals surface area contributed by atoms with Crippen molar-refractivity contribution < 1.29 is 4.74 Å². The third-order valence-corrected chi connectivity index (χ3v) is 2.70. The number of imidazole rings is 1. The third kappa shape index (κ3) is 4.15. The molecule has 2 rings (SSSR count). The molecule has 6 nitrogen and oxygen atoms in total. The Morgan fingerprint density at radius 2 is 2.25 bits per heavy atom. The lowest BCUT2D eigenvalue weighted by Gasteiger charge is -2.12. The molecule has 0 aliphatic carbocycles. The van der Waals surface area contributed by atoms with Gasteiger partial charge in [-0.05, 0) is 18.1 Å². The van der Waals surface area contributed by atoms with Gasteiger partial charge in [0.1, 0.15) is 5.82 Å². The molecule has 20 heavy (non-hydrogen) atoms. The van der Waals surface area contributed by atoms with E-state index in [1.807, 2.05) is 12.3 Å². The summed E-state index contributed by atoms with van der Waals surface area (Å²) in [5, 5.41) is 3.24. The van der Waals surface area contributed by atoms with Gasteiger partial charge in [0.2, 0.25) is 5.88 Å². The Morgan fingerprint density at radius 1 is 1.40 bits per heavy atom. The summed E-state index contributed by atoms with van der Waals surface area (Å²) >= 11 is 0. The van der Waals surface area contributed by atoms with Crippen LogP contribution in [0, 0.1) is 5.92 Å². The zero-order valence-electron chi connectivity index (χ0n) is 11.9. The normalized spacial score (nSPS) is 10.8. The lowest BCUT2D eigenvalue weighted by Crippen LogP contribution is -2.10. The summed E-state index contributed by atoms with van der Waals surface area (Å²) in [6.07, 6.45) is 4.35. The predicted molar refractivity (Wildman–Crippen MR) is 79.8 cm³/mol. The number of nitrogen functional groups attached to an aromatic ring is 1. The summed E-state index contributed by atoms with van der Waals surface area (Å²) in [7, 11) is 0. The predicted octanol–water partition coefficient (Wildman–Crippen LogP) is 2.08. The topological polar surface area (TPSA) is 88.8 Å². The van der Waals surface area contributed by atoms with Gasteiger partial charge in [-0.25, -0.2) is 4.98 Å². The van der Waals surface area contributed by atoms with E-state index in [2.05, 4.69) is 34.1 Å². The standard InChI is InChI=1S/C14H21N5O/c1-10(2)8-20-14-12(15)3-4-13(19-14)17-6-5-11-7-16-9-18-11/h3-4,7,9-10H,5-6,8,15H2,1-2H3,(H,16,18)(H,17,19). The maximum atomic E-state index is 5.85. The van der Waals surface area contributed by atoms with E-state index < -0.39 is 0 Å². The van der Waals surface area contributed by atoms with E-state index in [9.17, 15) is 0 Å². The van der Waals surface area contributed by atoms with E-state index in [4.69, 9.17) is 10.5 Å². The molecule has 0 spiro atoms. The zero-order chi connectivity index (χ0) is 14.4. The van der Waals surface area contributed by atoms with Crippen molar-refractivity contribution >= 4 is 11.5 Å². The van der Waals surface area contributed by atoms with Gasteiger partial charge in [-0.1, -0.05) is 13.8 Å². The molecule has 0 saturated heterocycles. The fraction of sp³-hybridized carbons (Fsp3) is 0.429. The van der Waals surface area contributed by atoms with Crippen LogP contribution >= 0.6 is 0 Å². The van der Waals surface area contributed by atoms with Gasteiger partial charge in [0.05, 0.1) is 18.6 Å². The quantitative estimate of drug-likeness (QED) is 0.720. The minimum Gasteiger partial charge on any atom is -0.476 e. The SMILES string of the molecule is CC(C)COc1nc(NCCc2cnc[nH]2)ccc1N. The summed E-state index contributed by atoms with van der Waals surface area (Å²) in [5.41, 5.74) is 7.50. The van der Waals surface area contributed by atoms with Crippen LogP contribution in [0.15, 0.2) is 24.7 Å². The molecule has 2 heterocycles. The number of nitrogens with two attached hydrogens (primary N) is 1. The molecule has 2 aromatic heterocycles. The van der Waals surface area contributed by atoms with Gasteiger partial charge in [0.25, 0.3) is 0 Å². The summed E-state index contributed by atoms with van der Waals surface area (Å²) in [6.45, 7) is 5.54. The summed E-state index contributed by atoms with van der Waals surface area (Å²) < 4.78 is 5.60. The first-order valence-electron chi connectivity index (χ1n) is 6.75. The van der Waals surface area contributed by atoms with Gasteiger partial charge in [-0.3, -0.25) is 0 Å². The highest BCUT2D eigenvalue weighted by Crippen LogP contribution is 2.21. The van der Waals surface area contributed by atoms with Crippen LogP contribution in [0.4, 0.5) is 11.5 Å². The molecule has 0 aliphatic heterocycles. The molecular formula is C14H21N5O. The summed E-state index contributed by atoms with van der Waals surface area (Å²) in [4.78, 5) is 11.4. The molecule has 0 unspecified atom stereocenters. The average Bonchev–Trinajstić information content (AvgIpc) is 2.92. The second-order valence-corrected chi connectivity index (χ2v) is 5.05. The fourth-order valence-electron chi connectivity index (χ4n) is 1.66. The molecule has 0 aromatic carbocycles. The number of nitrogens with one attached hydrogen (secondary N) is 2. The highest BCUT2D eigenvalue weighted by molar-refractivity contribution is 5.53. The monoisotopic (exact) mass is 275 g/mol. The third-order valence-electron chi connectivity index (χ3n) is 2.70. The second kappa shape index (κ2) is 6.79. The van der Waals surface area contributed by atoms with Crippen molar-refractivity contribution in [2.75, 3.05) is 24.2 Å². The Labute approximate surface area is 118 Å². The van der Waals surface area contributed by atoms with Crippen LogP contribution in [0.5, 0.6) is 5.88 Å². The molecule has 0 aliphatic rings.